The Balaban J connectivity index is 1.32. The quantitative estimate of drug-likeness (QED) is 0.115. The minimum absolute atomic E-state index is 0.0402. The number of ether oxygens (including phenoxy) is 4. The minimum atomic E-state index is -0.869. The van der Waals surface area contributed by atoms with Gasteiger partial charge in [0.25, 0.3) is 0 Å². The maximum atomic E-state index is 14.3. The Morgan fingerprint density at radius 3 is 0.692 bits per heavy atom. The van der Waals surface area contributed by atoms with Crippen LogP contribution in [-0.4, -0.2) is 23.9 Å². The Kier molecular flexibility index (Phi) is 7.22. The Hall–Kier alpha value is -7.32. The van der Waals surface area contributed by atoms with Gasteiger partial charge in [-0.05, 0) is 67.4 Å². The molecule has 0 N–H and O–H groups in total. The monoisotopic (exact) mass is 680 g/mol. The third kappa shape index (κ3) is 5.09. The van der Waals surface area contributed by atoms with Gasteiger partial charge < -0.3 is 18.9 Å². The first kappa shape index (κ1) is 30.7. The van der Waals surface area contributed by atoms with Gasteiger partial charge in [0.2, 0.25) is 0 Å². The van der Waals surface area contributed by atoms with E-state index in [1.807, 2.05) is 48.5 Å². The van der Waals surface area contributed by atoms with Gasteiger partial charge in [-0.3, -0.25) is 0 Å². The zero-order valence-corrected chi connectivity index (χ0v) is 27.1. The third-order valence-corrected chi connectivity index (χ3v) is 9.19. The van der Waals surface area contributed by atoms with Gasteiger partial charge in [0.05, 0.1) is 0 Å². The van der Waals surface area contributed by atoms with Gasteiger partial charge in [0, 0.05) is 0 Å². The molecular formula is C44H24O8. The van der Waals surface area contributed by atoms with Crippen molar-refractivity contribution in [2.24, 2.45) is 0 Å². The predicted octanol–water partition coefficient (Wildman–Crippen LogP) is 9.49. The van der Waals surface area contributed by atoms with Gasteiger partial charge in [-0.2, -0.15) is 0 Å². The second-order valence-corrected chi connectivity index (χ2v) is 12.2. The number of rotatable bonds is 0. The topological polar surface area (TPSA) is 105 Å². The number of carbonyl (C=O) groups excluding carboxylic acids is 4. The van der Waals surface area contributed by atoms with Crippen molar-refractivity contribution in [3.63, 3.8) is 0 Å². The van der Waals surface area contributed by atoms with E-state index in [1.54, 1.807) is 72.8 Å². The maximum absolute atomic E-state index is 14.3. The first-order valence-corrected chi connectivity index (χ1v) is 16.4. The average Bonchev–Trinajstić information content (AvgIpc) is 3.16. The molecule has 0 aromatic heterocycles. The summed E-state index contributed by atoms with van der Waals surface area (Å²) in [6.07, 6.45) is 0. The van der Waals surface area contributed by atoms with Crippen LogP contribution < -0.4 is 18.9 Å². The van der Waals surface area contributed by atoms with E-state index in [2.05, 4.69) is 0 Å². The minimum Gasteiger partial charge on any atom is -0.422 e. The summed E-state index contributed by atoms with van der Waals surface area (Å²) in [5, 5.41) is 4.55. The van der Waals surface area contributed by atoms with Crippen molar-refractivity contribution in [1.29, 1.82) is 0 Å². The first-order chi connectivity index (χ1) is 25.4. The van der Waals surface area contributed by atoms with Crippen LogP contribution in [0.1, 0.15) is 41.4 Å². The van der Waals surface area contributed by atoms with E-state index >= 15 is 0 Å². The van der Waals surface area contributed by atoms with Crippen LogP contribution in [-0.2, 0) is 0 Å². The van der Waals surface area contributed by atoms with Crippen molar-refractivity contribution >= 4 is 67.0 Å². The molecule has 0 saturated heterocycles. The van der Waals surface area contributed by atoms with Crippen LogP contribution >= 0.6 is 0 Å². The SMILES string of the molecule is O=C1Oc2ccc3ccccc3c2C(=O)Oc2ccc3ccccc3c2C(=O)Oc2ccc3ccccc3c2C(=O)Oc2ccc3ccccc3c21. The fraction of sp³-hybridized carbons (Fsp3) is 0. The second kappa shape index (κ2) is 12.2. The fourth-order valence-electron chi connectivity index (χ4n) is 6.79. The largest absolute Gasteiger partial charge is 0.422 e. The highest BCUT2D eigenvalue weighted by Crippen LogP contribution is 2.38. The van der Waals surface area contributed by atoms with Gasteiger partial charge in [0.1, 0.15) is 45.3 Å². The molecule has 0 radical (unpaired) electrons. The molecule has 1 heterocycles. The Bertz CT molecular complexity index is 2450. The molecule has 8 nitrogen and oxygen atoms in total. The number of esters is 4. The van der Waals surface area contributed by atoms with Crippen LogP contribution in [0.5, 0.6) is 23.0 Å². The van der Waals surface area contributed by atoms with Gasteiger partial charge in [-0.25, -0.2) is 19.2 Å². The predicted molar refractivity (Wildman–Crippen MR) is 196 cm³/mol. The van der Waals surface area contributed by atoms with Gasteiger partial charge in [-0.15, -0.1) is 0 Å². The van der Waals surface area contributed by atoms with E-state index in [9.17, 15) is 19.2 Å². The lowest BCUT2D eigenvalue weighted by atomic mass is 10.0. The first-order valence-electron chi connectivity index (χ1n) is 16.4. The molecule has 8 aromatic carbocycles. The molecule has 0 amide bonds. The number of fused-ring (bicyclic) bond motifs is 12. The lowest BCUT2D eigenvalue weighted by molar-refractivity contribution is 0.0692. The van der Waals surface area contributed by atoms with Crippen LogP contribution in [0.2, 0.25) is 0 Å². The number of hydrogen-bond donors (Lipinski definition) is 0. The molecule has 0 aliphatic carbocycles. The number of benzene rings is 8. The van der Waals surface area contributed by atoms with E-state index in [1.165, 1.54) is 24.3 Å². The molecule has 8 aromatic rings. The molecule has 0 unspecified atom stereocenters. The Labute approximate surface area is 295 Å². The standard InChI is InChI=1S/C44H24O8/c45-41-37-29-13-5-1-9-25(29)17-21-33(37)49-42(46)39-31-15-7-3-11-27(31)19-23-35(39)51-44(48)40-32-16-8-4-12-28(32)20-24-36(40)52-43(47)38-30-14-6-2-10-26(30)18-22-34(38)50-41/h1-24H. The van der Waals surface area contributed by atoms with Crippen molar-refractivity contribution in [2.45, 2.75) is 0 Å². The Morgan fingerprint density at radius 1 is 0.250 bits per heavy atom. The molecule has 8 heteroatoms. The highest BCUT2D eigenvalue weighted by Gasteiger charge is 2.30. The summed E-state index contributed by atoms with van der Waals surface area (Å²) >= 11 is 0. The number of carbonyl (C=O) groups is 4. The molecule has 0 fully saturated rings. The van der Waals surface area contributed by atoms with Crippen molar-refractivity contribution in [3.05, 3.63) is 168 Å². The summed E-state index contributed by atoms with van der Waals surface area (Å²) in [7, 11) is 0. The average molecular weight is 681 g/mol. The molecule has 0 bridgehead atoms. The van der Waals surface area contributed by atoms with Crippen molar-refractivity contribution in [1.82, 2.24) is 0 Å². The van der Waals surface area contributed by atoms with Crippen molar-refractivity contribution in [3.8, 4) is 23.0 Å². The van der Waals surface area contributed by atoms with Gasteiger partial charge >= 0.3 is 23.9 Å². The van der Waals surface area contributed by atoms with E-state index in [0.717, 1.165) is 0 Å². The van der Waals surface area contributed by atoms with Crippen LogP contribution in [0.25, 0.3) is 43.1 Å². The molecule has 1 aliphatic heterocycles. The molecule has 52 heavy (non-hydrogen) atoms. The summed E-state index contributed by atoms with van der Waals surface area (Å²) in [5.74, 6) is -3.84. The van der Waals surface area contributed by atoms with E-state index in [4.69, 9.17) is 18.9 Å². The molecular weight excluding hydrogens is 656 g/mol. The lowest BCUT2D eigenvalue weighted by Crippen LogP contribution is -2.20. The van der Waals surface area contributed by atoms with E-state index in [-0.39, 0.29) is 45.3 Å². The zero-order valence-electron chi connectivity index (χ0n) is 27.1. The van der Waals surface area contributed by atoms with Gasteiger partial charge in [0.15, 0.2) is 0 Å². The van der Waals surface area contributed by atoms with E-state index in [0.29, 0.717) is 43.1 Å². The molecule has 0 saturated carbocycles. The van der Waals surface area contributed by atoms with Crippen LogP contribution in [0, 0.1) is 0 Å². The smallest absolute Gasteiger partial charge is 0.348 e. The van der Waals surface area contributed by atoms with Crippen LogP contribution in [0.4, 0.5) is 0 Å². The number of hydrogen-bond acceptors (Lipinski definition) is 8. The second-order valence-electron chi connectivity index (χ2n) is 12.2. The molecule has 9 rings (SSSR count). The highest BCUT2D eigenvalue weighted by atomic mass is 16.6. The highest BCUT2D eigenvalue weighted by molar-refractivity contribution is 6.15. The summed E-state index contributed by atoms with van der Waals surface area (Å²) in [4.78, 5) is 57.3. The van der Waals surface area contributed by atoms with Crippen LogP contribution in [0.3, 0.4) is 0 Å². The Morgan fingerprint density at radius 2 is 0.462 bits per heavy atom. The fourth-order valence-corrected chi connectivity index (χ4v) is 6.79. The zero-order chi connectivity index (χ0) is 35.3. The summed E-state index contributed by atoms with van der Waals surface area (Å²) < 4.78 is 24.2. The van der Waals surface area contributed by atoms with E-state index < -0.39 is 23.9 Å². The van der Waals surface area contributed by atoms with Crippen molar-refractivity contribution in [2.75, 3.05) is 0 Å². The summed E-state index contributed by atoms with van der Waals surface area (Å²) in [6, 6.07) is 41.3. The summed E-state index contributed by atoms with van der Waals surface area (Å²) in [5.41, 5.74) is -0.161. The molecule has 248 valence electrons. The summed E-state index contributed by atoms with van der Waals surface area (Å²) in [6.45, 7) is 0. The van der Waals surface area contributed by atoms with Crippen LogP contribution in [0.15, 0.2) is 146 Å². The molecule has 0 spiro atoms. The van der Waals surface area contributed by atoms with Gasteiger partial charge in [-0.1, -0.05) is 121 Å². The normalized spacial score (nSPS) is 13.4. The maximum Gasteiger partial charge on any atom is 0.348 e. The molecule has 0 atom stereocenters. The lowest BCUT2D eigenvalue weighted by Gasteiger charge is -2.18. The van der Waals surface area contributed by atoms with Crippen molar-refractivity contribution < 1.29 is 38.1 Å². The molecule has 1 aliphatic rings. The third-order valence-electron chi connectivity index (χ3n) is 9.19.